The Morgan fingerprint density at radius 1 is 1.14 bits per heavy atom. The van der Waals surface area contributed by atoms with Crippen LogP contribution in [-0.4, -0.2) is 59.2 Å². The van der Waals surface area contributed by atoms with Gasteiger partial charge in [-0.1, -0.05) is 18.2 Å². The first-order valence-electron chi connectivity index (χ1n) is 8.45. The van der Waals surface area contributed by atoms with E-state index in [1.54, 1.807) is 6.20 Å². The van der Waals surface area contributed by atoms with Gasteiger partial charge in [0.2, 0.25) is 5.78 Å². The maximum atomic E-state index is 12.7. The maximum Gasteiger partial charge on any atom is 0.404 e. The normalized spacial score (nSPS) is 10.7. The Kier molecular flexibility index (Phi) is 6.35. The minimum Gasteiger partial charge on any atom is -0.465 e. The Morgan fingerprint density at radius 2 is 1.89 bits per heavy atom. The number of ketones is 1. The van der Waals surface area contributed by atoms with E-state index in [0.29, 0.717) is 5.56 Å². The second-order valence-corrected chi connectivity index (χ2v) is 6.57. The number of para-hydroxylation sites is 1. The number of carboxylic acid groups (broad SMARTS) is 1. The molecule has 10 heteroatoms. The average Bonchev–Trinajstić information content (AvgIpc) is 3.34. The van der Waals surface area contributed by atoms with Crippen molar-refractivity contribution >= 4 is 40.0 Å². The fourth-order valence-corrected chi connectivity index (χ4v) is 3.27. The minimum absolute atomic E-state index is 0.167. The number of hydrogen-bond donors (Lipinski definition) is 4. The first-order valence-corrected chi connectivity index (χ1v) is 9.33. The predicted octanol–water partition coefficient (Wildman–Crippen LogP) is 1.87. The number of nitrogens with one attached hydrogen (secondary N) is 3. The number of nitrogens with zero attached hydrogens (tertiary/aromatic N) is 1. The number of aromatic amines is 1. The fraction of sp³-hybridized carbons (Fsp3) is 0.222. The number of carbonyl (C=O) groups excluding carboxylic acids is 2. The molecule has 0 saturated heterocycles. The van der Waals surface area contributed by atoms with Gasteiger partial charge in [0.05, 0.1) is 18.8 Å². The lowest BCUT2D eigenvalue weighted by molar-refractivity contribution is 0.0912. The SMILES string of the molecule is O=C(O)NCCOCCNC(=O)c1csc(C(=O)c2c[nH]c3ccccc23)n1. The standard InChI is InChI=1S/C18H18N4O5S/c23-15(12-9-21-13-4-2-1-3-11(12)13)17-22-14(10-28-17)16(24)19-5-7-27-8-6-20-18(25)26/h1-4,9-10,20-21H,5-8H2,(H,19,24)(H,25,26). The van der Waals surface area contributed by atoms with Crippen LogP contribution in [0.15, 0.2) is 35.8 Å². The molecule has 0 radical (unpaired) electrons. The van der Waals surface area contributed by atoms with Crippen molar-refractivity contribution in [2.24, 2.45) is 0 Å². The van der Waals surface area contributed by atoms with Crippen molar-refractivity contribution in [2.75, 3.05) is 26.3 Å². The van der Waals surface area contributed by atoms with Gasteiger partial charge < -0.3 is 25.5 Å². The predicted molar refractivity (Wildman–Crippen MR) is 103 cm³/mol. The molecule has 0 saturated carbocycles. The molecule has 0 unspecified atom stereocenters. The second-order valence-electron chi connectivity index (χ2n) is 5.72. The van der Waals surface area contributed by atoms with Gasteiger partial charge in [-0.15, -0.1) is 11.3 Å². The summed E-state index contributed by atoms with van der Waals surface area (Å²) in [6.07, 6.45) is 0.531. The third-order valence-corrected chi connectivity index (χ3v) is 4.66. The molecule has 146 valence electrons. The average molecular weight is 402 g/mol. The van der Waals surface area contributed by atoms with Crippen LogP contribution in [0.3, 0.4) is 0 Å². The summed E-state index contributed by atoms with van der Waals surface area (Å²) in [5.74, 6) is -0.641. The molecule has 0 fully saturated rings. The lowest BCUT2D eigenvalue weighted by Gasteiger charge is -2.05. The van der Waals surface area contributed by atoms with Crippen LogP contribution in [0.25, 0.3) is 10.9 Å². The van der Waals surface area contributed by atoms with Gasteiger partial charge in [0.15, 0.2) is 5.01 Å². The van der Waals surface area contributed by atoms with Crippen molar-refractivity contribution in [3.8, 4) is 0 Å². The molecule has 9 nitrogen and oxygen atoms in total. The van der Waals surface area contributed by atoms with Crippen LogP contribution in [0.2, 0.25) is 0 Å². The summed E-state index contributed by atoms with van der Waals surface area (Å²) in [6, 6.07) is 7.47. The Balaban J connectivity index is 1.51. The van der Waals surface area contributed by atoms with Crippen LogP contribution in [-0.2, 0) is 4.74 Å². The zero-order valence-electron chi connectivity index (χ0n) is 14.7. The van der Waals surface area contributed by atoms with Crippen LogP contribution < -0.4 is 10.6 Å². The molecule has 3 aromatic rings. The molecule has 0 aliphatic heterocycles. The number of amides is 2. The van der Waals surface area contributed by atoms with Crippen molar-refractivity contribution in [3.63, 3.8) is 0 Å². The van der Waals surface area contributed by atoms with E-state index >= 15 is 0 Å². The van der Waals surface area contributed by atoms with Gasteiger partial charge >= 0.3 is 6.09 Å². The van der Waals surface area contributed by atoms with Gasteiger partial charge in [0.1, 0.15) is 5.69 Å². The van der Waals surface area contributed by atoms with Crippen molar-refractivity contribution in [1.82, 2.24) is 20.6 Å². The fourth-order valence-electron chi connectivity index (χ4n) is 2.52. The summed E-state index contributed by atoms with van der Waals surface area (Å²) in [6.45, 7) is 0.865. The largest absolute Gasteiger partial charge is 0.465 e. The minimum atomic E-state index is -1.11. The number of fused-ring (bicyclic) bond motifs is 1. The van der Waals surface area contributed by atoms with Crippen LogP contribution in [0.4, 0.5) is 4.79 Å². The van der Waals surface area contributed by atoms with Crippen LogP contribution >= 0.6 is 11.3 Å². The smallest absolute Gasteiger partial charge is 0.404 e. The highest BCUT2D eigenvalue weighted by atomic mass is 32.1. The Morgan fingerprint density at radius 3 is 2.68 bits per heavy atom. The molecule has 0 aliphatic carbocycles. The van der Waals surface area contributed by atoms with Gasteiger partial charge in [-0.05, 0) is 6.07 Å². The molecule has 28 heavy (non-hydrogen) atoms. The summed E-state index contributed by atoms with van der Waals surface area (Å²) in [5.41, 5.74) is 1.54. The van der Waals surface area contributed by atoms with Crippen molar-refractivity contribution in [3.05, 3.63) is 52.1 Å². The molecule has 0 bridgehead atoms. The quantitative estimate of drug-likeness (QED) is 0.319. The number of aromatic nitrogens is 2. The van der Waals surface area contributed by atoms with E-state index in [9.17, 15) is 14.4 Å². The van der Waals surface area contributed by atoms with Crippen molar-refractivity contribution in [1.29, 1.82) is 0 Å². The molecule has 4 N–H and O–H groups in total. The van der Waals surface area contributed by atoms with Crippen LogP contribution in [0.1, 0.15) is 25.9 Å². The highest BCUT2D eigenvalue weighted by Gasteiger charge is 2.19. The van der Waals surface area contributed by atoms with E-state index in [0.717, 1.165) is 22.2 Å². The molecular formula is C18H18N4O5S. The molecule has 0 aliphatic rings. The topological polar surface area (TPSA) is 133 Å². The third kappa shape index (κ3) is 4.72. The number of benzene rings is 1. The number of H-pyrrole nitrogens is 1. The van der Waals surface area contributed by atoms with Crippen LogP contribution in [0.5, 0.6) is 0 Å². The highest BCUT2D eigenvalue weighted by molar-refractivity contribution is 7.12. The summed E-state index contributed by atoms with van der Waals surface area (Å²) >= 11 is 1.12. The molecule has 2 amide bonds. The molecule has 0 atom stereocenters. The van der Waals surface area contributed by atoms with Gasteiger partial charge in [-0.2, -0.15) is 0 Å². The summed E-state index contributed by atoms with van der Waals surface area (Å²) in [7, 11) is 0. The molecule has 0 spiro atoms. The van der Waals surface area contributed by atoms with E-state index in [4.69, 9.17) is 9.84 Å². The molecule has 2 heterocycles. The van der Waals surface area contributed by atoms with E-state index in [2.05, 4.69) is 20.6 Å². The lowest BCUT2D eigenvalue weighted by Crippen LogP contribution is -2.29. The van der Waals surface area contributed by atoms with Crippen molar-refractivity contribution < 1.29 is 24.2 Å². The van der Waals surface area contributed by atoms with Crippen molar-refractivity contribution in [2.45, 2.75) is 0 Å². The maximum absolute atomic E-state index is 12.7. The van der Waals surface area contributed by atoms with E-state index in [1.807, 2.05) is 24.3 Å². The number of hydrogen-bond acceptors (Lipinski definition) is 6. The Hall–Kier alpha value is -3.24. The monoisotopic (exact) mass is 402 g/mol. The first kappa shape index (κ1) is 19.5. The summed E-state index contributed by atoms with van der Waals surface area (Å²) in [4.78, 5) is 42.3. The van der Waals surface area contributed by atoms with Crippen LogP contribution in [0, 0.1) is 0 Å². The third-order valence-electron chi connectivity index (χ3n) is 3.82. The first-order chi connectivity index (χ1) is 13.6. The number of carbonyl (C=O) groups is 3. The Bertz CT molecular complexity index is 997. The molecule has 1 aromatic carbocycles. The number of rotatable bonds is 9. The molecule has 2 aromatic heterocycles. The van der Waals surface area contributed by atoms with Gasteiger partial charge in [0, 0.05) is 35.6 Å². The Labute approximate surface area is 163 Å². The second kappa shape index (κ2) is 9.11. The van der Waals surface area contributed by atoms with E-state index < -0.39 is 12.0 Å². The van der Waals surface area contributed by atoms with E-state index in [1.165, 1.54) is 5.38 Å². The highest BCUT2D eigenvalue weighted by Crippen LogP contribution is 2.22. The molecule has 3 rings (SSSR count). The van der Waals surface area contributed by atoms with Gasteiger partial charge in [-0.25, -0.2) is 9.78 Å². The zero-order valence-corrected chi connectivity index (χ0v) is 15.5. The molecular weight excluding hydrogens is 384 g/mol. The number of ether oxygens (including phenoxy) is 1. The van der Waals surface area contributed by atoms with E-state index in [-0.39, 0.29) is 42.8 Å². The summed E-state index contributed by atoms with van der Waals surface area (Å²) < 4.78 is 5.19. The summed E-state index contributed by atoms with van der Waals surface area (Å²) in [5, 5.41) is 15.8. The zero-order chi connectivity index (χ0) is 19.9. The number of thiazole rings is 1. The van der Waals surface area contributed by atoms with Gasteiger partial charge in [0.25, 0.3) is 5.91 Å². The van der Waals surface area contributed by atoms with Gasteiger partial charge in [-0.3, -0.25) is 9.59 Å². The lowest BCUT2D eigenvalue weighted by atomic mass is 10.1.